The van der Waals surface area contributed by atoms with Crippen LogP contribution in [0.3, 0.4) is 0 Å². The maximum Gasteiger partial charge on any atom is 0.240 e. The monoisotopic (exact) mass is 372 g/mol. The molecule has 138 valence electrons. The molecule has 0 unspecified atom stereocenters. The summed E-state index contributed by atoms with van der Waals surface area (Å²) >= 11 is 0. The number of aryl methyl sites for hydroxylation is 1. The van der Waals surface area contributed by atoms with Gasteiger partial charge >= 0.3 is 0 Å². The van der Waals surface area contributed by atoms with Gasteiger partial charge in [0, 0.05) is 23.1 Å². The first-order valence-electron chi connectivity index (χ1n) is 8.69. The number of nitrogens with one attached hydrogen (secondary N) is 2. The molecule has 0 saturated heterocycles. The molecular weight excluding hydrogens is 348 g/mol. The van der Waals surface area contributed by atoms with Crippen molar-refractivity contribution in [1.29, 1.82) is 0 Å². The molecule has 0 bridgehead atoms. The van der Waals surface area contributed by atoms with Gasteiger partial charge in [-0.05, 0) is 63.1 Å². The first kappa shape index (κ1) is 18.5. The Bertz CT molecular complexity index is 990. The summed E-state index contributed by atoms with van der Waals surface area (Å²) in [4.78, 5) is 3.58. The van der Waals surface area contributed by atoms with Gasteiger partial charge in [0.25, 0.3) is 0 Å². The van der Waals surface area contributed by atoms with Crippen molar-refractivity contribution in [2.45, 2.75) is 38.2 Å². The number of hydrogen-bond acceptors (Lipinski definition) is 3. The molecule has 2 aromatic carbocycles. The number of hydrogen-bond donors (Lipinski definition) is 2. The number of rotatable bonds is 7. The fraction of sp³-hybridized carbons (Fsp3) is 0.300. The second kappa shape index (κ2) is 7.51. The van der Waals surface area contributed by atoms with Crippen molar-refractivity contribution in [2.75, 3.05) is 6.54 Å². The van der Waals surface area contributed by atoms with Crippen LogP contribution in [0.25, 0.3) is 10.9 Å². The van der Waals surface area contributed by atoms with Gasteiger partial charge in [0.15, 0.2) is 0 Å². The van der Waals surface area contributed by atoms with Crippen LogP contribution >= 0.6 is 0 Å². The van der Waals surface area contributed by atoms with Gasteiger partial charge in [-0.3, -0.25) is 0 Å². The Morgan fingerprint density at radius 2 is 1.77 bits per heavy atom. The fourth-order valence-corrected chi connectivity index (χ4v) is 4.05. The standard InChI is InChI=1S/C20H24N2O3S/c1-14(2)25-16-8-10-17(11-9-16)26(23,24)21-13-12-18-15(3)22-20-7-5-4-6-19(18)20/h4-11,14,21-22H,12-13H2,1-3H3. The summed E-state index contributed by atoms with van der Waals surface area (Å²) in [7, 11) is -3.54. The predicted octanol–water partition coefficient (Wildman–Crippen LogP) is 3.78. The number of fused-ring (bicyclic) bond motifs is 1. The molecule has 1 aromatic heterocycles. The fourth-order valence-electron chi connectivity index (χ4n) is 3.02. The van der Waals surface area contributed by atoms with Gasteiger partial charge in [-0.2, -0.15) is 0 Å². The lowest BCUT2D eigenvalue weighted by Gasteiger charge is -2.11. The van der Waals surface area contributed by atoms with E-state index in [0.29, 0.717) is 18.7 Å². The highest BCUT2D eigenvalue weighted by Gasteiger charge is 2.15. The molecule has 26 heavy (non-hydrogen) atoms. The number of H-pyrrole nitrogens is 1. The smallest absolute Gasteiger partial charge is 0.240 e. The number of ether oxygens (including phenoxy) is 1. The van der Waals surface area contributed by atoms with Crippen molar-refractivity contribution in [3.63, 3.8) is 0 Å². The first-order chi connectivity index (χ1) is 12.4. The van der Waals surface area contributed by atoms with E-state index in [2.05, 4.69) is 15.8 Å². The SMILES string of the molecule is Cc1[nH]c2ccccc2c1CCNS(=O)(=O)c1ccc(OC(C)C)cc1. The third kappa shape index (κ3) is 4.08. The number of sulfonamides is 1. The van der Waals surface area contributed by atoms with E-state index in [9.17, 15) is 8.42 Å². The molecule has 2 N–H and O–H groups in total. The lowest BCUT2D eigenvalue weighted by molar-refractivity contribution is 0.242. The molecule has 0 radical (unpaired) electrons. The zero-order valence-electron chi connectivity index (χ0n) is 15.2. The lowest BCUT2D eigenvalue weighted by atomic mass is 10.1. The Kier molecular flexibility index (Phi) is 5.34. The molecule has 1 heterocycles. The molecule has 0 aliphatic carbocycles. The third-order valence-electron chi connectivity index (χ3n) is 4.20. The average Bonchev–Trinajstić information content (AvgIpc) is 2.90. The van der Waals surface area contributed by atoms with E-state index in [0.717, 1.165) is 22.2 Å². The Balaban J connectivity index is 1.67. The Morgan fingerprint density at radius 1 is 1.08 bits per heavy atom. The zero-order valence-corrected chi connectivity index (χ0v) is 16.1. The van der Waals surface area contributed by atoms with Crippen LogP contribution in [0.15, 0.2) is 53.4 Å². The topological polar surface area (TPSA) is 71.2 Å². The van der Waals surface area contributed by atoms with E-state index in [1.54, 1.807) is 24.3 Å². The highest BCUT2D eigenvalue weighted by atomic mass is 32.2. The highest BCUT2D eigenvalue weighted by molar-refractivity contribution is 7.89. The summed E-state index contributed by atoms with van der Waals surface area (Å²) in [6.45, 7) is 6.21. The van der Waals surface area contributed by atoms with Crippen molar-refractivity contribution in [3.05, 3.63) is 59.8 Å². The van der Waals surface area contributed by atoms with Crippen molar-refractivity contribution in [3.8, 4) is 5.75 Å². The predicted molar refractivity (Wildman–Crippen MR) is 104 cm³/mol. The van der Waals surface area contributed by atoms with E-state index in [4.69, 9.17) is 4.74 Å². The van der Waals surface area contributed by atoms with E-state index < -0.39 is 10.0 Å². The van der Waals surface area contributed by atoms with Gasteiger partial charge in [0.2, 0.25) is 10.0 Å². The van der Waals surface area contributed by atoms with Crippen molar-refractivity contribution in [1.82, 2.24) is 9.71 Å². The van der Waals surface area contributed by atoms with Crippen LogP contribution in [-0.2, 0) is 16.4 Å². The highest BCUT2D eigenvalue weighted by Crippen LogP contribution is 2.22. The zero-order chi connectivity index (χ0) is 18.7. The molecule has 0 amide bonds. The van der Waals surface area contributed by atoms with Gasteiger partial charge in [-0.25, -0.2) is 13.1 Å². The second-order valence-corrected chi connectivity index (χ2v) is 8.33. The van der Waals surface area contributed by atoms with Crippen LogP contribution in [-0.4, -0.2) is 26.1 Å². The third-order valence-corrected chi connectivity index (χ3v) is 5.68. The maximum absolute atomic E-state index is 12.5. The Labute approximate surface area is 154 Å². The molecule has 5 nitrogen and oxygen atoms in total. The van der Waals surface area contributed by atoms with Crippen molar-refractivity contribution in [2.24, 2.45) is 0 Å². The van der Waals surface area contributed by atoms with Gasteiger partial charge < -0.3 is 9.72 Å². The maximum atomic E-state index is 12.5. The summed E-state index contributed by atoms with van der Waals surface area (Å²) in [6.07, 6.45) is 0.680. The minimum atomic E-state index is -3.54. The molecule has 0 aliphatic heterocycles. The molecular formula is C20H24N2O3S. The molecule has 0 spiro atoms. The van der Waals surface area contributed by atoms with E-state index in [1.807, 2.05) is 39.0 Å². The van der Waals surface area contributed by atoms with Crippen LogP contribution in [0.4, 0.5) is 0 Å². The normalized spacial score (nSPS) is 12.0. The van der Waals surface area contributed by atoms with Gasteiger partial charge in [-0.15, -0.1) is 0 Å². The van der Waals surface area contributed by atoms with Gasteiger partial charge in [-0.1, -0.05) is 18.2 Å². The molecule has 6 heteroatoms. The summed E-state index contributed by atoms with van der Waals surface area (Å²) in [6, 6.07) is 14.5. The lowest BCUT2D eigenvalue weighted by Crippen LogP contribution is -2.26. The Morgan fingerprint density at radius 3 is 2.46 bits per heavy atom. The average molecular weight is 372 g/mol. The molecule has 0 aliphatic rings. The van der Waals surface area contributed by atoms with Crippen LogP contribution in [0, 0.1) is 6.92 Å². The summed E-state index contributed by atoms with van der Waals surface area (Å²) < 4.78 is 33.2. The van der Waals surface area contributed by atoms with E-state index in [1.165, 1.54) is 0 Å². The van der Waals surface area contributed by atoms with Crippen LogP contribution in [0.5, 0.6) is 5.75 Å². The summed E-state index contributed by atoms with van der Waals surface area (Å²) in [5, 5.41) is 1.14. The molecule has 0 atom stereocenters. The number of benzene rings is 2. The minimum Gasteiger partial charge on any atom is -0.491 e. The van der Waals surface area contributed by atoms with Crippen LogP contribution < -0.4 is 9.46 Å². The molecule has 3 aromatic rings. The molecule has 0 saturated carbocycles. The number of para-hydroxylation sites is 1. The van der Waals surface area contributed by atoms with E-state index >= 15 is 0 Å². The molecule has 3 rings (SSSR count). The first-order valence-corrected chi connectivity index (χ1v) is 10.2. The molecule has 0 fully saturated rings. The summed E-state index contributed by atoms with van der Waals surface area (Å²) in [5.74, 6) is 0.661. The minimum absolute atomic E-state index is 0.0509. The van der Waals surface area contributed by atoms with Gasteiger partial charge in [0.1, 0.15) is 5.75 Å². The number of aromatic amines is 1. The van der Waals surface area contributed by atoms with Crippen LogP contribution in [0.2, 0.25) is 0 Å². The van der Waals surface area contributed by atoms with E-state index in [-0.39, 0.29) is 11.0 Å². The van der Waals surface area contributed by atoms with Crippen molar-refractivity contribution < 1.29 is 13.2 Å². The quantitative estimate of drug-likeness (QED) is 0.663. The second-order valence-electron chi connectivity index (χ2n) is 6.56. The number of aromatic nitrogens is 1. The van der Waals surface area contributed by atoms with Gasteiger partial charge in [0.05, 0.1) is 11.0 Å². The van der Waals surface area contributed by atoms with Crippen molar-refractivity contribution >= 4 is 20.9 Å². The summed E-state index contributed by atoms with van der Waals surface area (Å²) in [5.41, 5.74) is 3.29. The van der Waals surface area contributed by atoms with Crippen LogP contribution in [0.1, 0.15) is 25.1 Å². The largest absolute Gasteiger partial charge is 0.491 e. The Hall–Kier alpha value is -2.31.